The minimum Gasteiger partial charge on any atom is -0.494 e. The molecule has 2 N–H and O–H groups in total. The largest absolute Gasteiger partial charge is 0.494 e. The zero-order valence-electron chi connectivity index (χ0n) is 9.21. The van der Waals surface area contributed by atoms with Crippen LogP contribution < -0.4 is 10.5 Å². The van der Waals surface area contributed by atoms with E-state index in [0.29, 0.717) is 5.65 Å². The van der Waals surface area contributed by atoms with Crippen LogP contribution >= 0.6 is 0 Å². The molecule has 0 fully saturated rings. The summed E-state index contributed by atoms with van der Waals surface area (Å²) in [5.74, 6) is 0.945. The van der Waals surface area contributed by atoms with Gasteiger partial charge in [0, 0.05) is 17.0 Å². The van der Waals surface area contributed by atoms with E-state index in [1.54, 1.807) is 13.3 Å². The number of anilines is 1. The van der Waals surface area contributed by atoms with Gasteiger partial charge in [-0.25, -0.2) is 9.97 Å². The minimum absolute atomic E-state index is 0.222. The number of nitrogens with two attached hydrogens (primary N) is 1. The van der Waals surface area contributed by atoms with Crippen LogP contribution in [0.3, 0.4) is 0 Å². The number of nitrogen functional groups attached to an aromatic ring is 1. The van der Waals surface area contributed by atoms with Gasteiger partial charge in [0.1, 0.15) is 11.3 Å². The Hall–Kier alpha value is -2.43. The predicted molar refractivity (Wildman–Crippen MR) is 65.8 cm³/mol. The molecule has 0 bridgehead atoms. The van der Waals surface area contributed by atoms with Gasteiger partial charge in [0.15, 0.2) is 5.65 Å². The number of pyridine rings is 1. The lowest BCUT2D eigenvalue weighted by molar-refractivity contribution is 0.419. The van der Waals surface area contributed by atoms with E-state index >= 15 is 0 Å². The first-order chi connectivity index (χ1) is 8.28. The van der Waals surface area contributed by atoms with Crippen LogP contribution in [-0.2, 0) is 0 Å². The molecule has 0 aliphatic rings. The van der Waals surface area contributed by atoms with Gasteiger partial charge in [0.2, 0.25) is 5.95 Å². The third kappa shape index (κ3) is 1.52. The van der Waals surface area contributed by atoms with E-state index in [1.165, 1.54) is 0 Å². The number of methoxy groups -OCH3 is 1. The average molecular weight is 226 g/mol. The number of para-hydroxylation sites is 1. The lowest BCUT2D eigenvalue weighted by Crippen LogP contribution is -1.96. The van der Waals surface area contributed by atoms with Crippen molar-refractivity contribution >= 4 is 27.9 Å². The molecule has 0 amide bonds. The maximum atomic E-state index is 5.55. The van der Waals surface area contributed by atoms with Crippen molar-refractivity contribution in [1.29, 1.82) is 0 Å². The fraction of sp³-hybridized carbons (Fsp3) is 0.0833. The van der Waals surface area contributed by atoms with Crippen LogP contribution in [0.2, 0.25) is 0 Å². The molecule has 1 aromatic carbocycles. The molecular weight excluding hydrogens is 216 g/mol. The molecule has 0 saturated carbocycles. The summed E-state index contributed by atoms with van der Waals surface area (Å²) >= 11 is 0. The number of rotatable bonds is 1. The number of ether oxygens (including phenoxy) is 1. The van der Waals surface area contributed by atoms with Crippen LogP contribution in [-0.4, -0.2) is 22.1 Å². The Bertz CT molecular complexity index is 711. The van der Waals surface area contributed by atoms with E-state index in [0.717, 1.165) is 22.0 Å². The van der Waals surface area contributed by atoms with Crippen molar-refractivity contribution in [3.05, 3.63) is 30.5 Å². The fourth-order valence-corrected chi connectivity index (χ4v) is 1.80. The van der Waals surface area contributed by atoms with Gasteiger partial charge in [-0.1, -0.05) is 12.1 Å². The highest BCUT2D eigenvalue weighted by atomic mass is 16.5. The first kappa shape index (κ1) is 9.77. The van der Waals surface area contributed by atoms with Crippen LogP contribution in [0.4, 0.5) is 5.95 Å². The molecule has 3 rings (SSSR count). The molecule has 0 spiro atoms. The number of hydrogen-bond donors (Lipinski definition) is 1. The van der Waals surface area contributed by atoms with Gasteiger partial charge in [-0.15, -0.1) is 0 Å². The third-order valence-electron chi connectivity index (χ3n) is 2.59. The second-order valence-electron chi connectivity index (χ2n) is 3.66. The fourth-order valence-electron chi connectivity index (χ4n) is 1.80. The van der Waals surface area contributed by atoms with Crippen molar-refractivity contribution in [2.24, 2.45) is 0 Å². The molecule has 3 aromatic rings. The van der Waals surface area contributed by atoms with Gasteiger partial charge in [0.05, 0.1) is 7.11 Å². The molecule has 17 heavy (non-hydrogen) atoms. The predicted octanol–water partition coefficient (Wildman–Crippen LogP) is 1.77. The summed E-state index contributed by atoms with van der Waals surface area (Å²) in [7, 11) is 1.62. The van der Waals surface area contributed by atoms with Crippen LogP contribution in [0.5, 0.6) is 5.75 Å². The molecule has 0 unspecified atom stereocenters. The van der Waals surface area contributed by atoms with E-state index < -0.39 is 0 Å². The molecule has 0 atom stereocenters. The Labute approximate surface area is 97.3 Å². The summed E-state index contributed by atoms with van der Waals surface area (Å²) in [5.41, 5.74) is 6.90. The maximum Gasteiger partial charge on any atom is 0.222 e. The molecular formula is C12H10N4O. The molecule has 5 nitrogen and oxygen atoms in total. The lowest BCUT2D eigenvalue weighted by atomic mass is 10.2. The average Bonchev–Trinajstić information content (AvgIpc) is 2.35. The van der Waals surface area contributed by atoms with E-state index in [4.69, 9.17) is 10.5 Å². The minimum atomic E-state index is 0.222. The van der Waals surface area contributed by atoms with Crippen LogP contribution in [0, 0.1) is 0 Å². The van der Waals surface area contributed by atoms with E-state index in [-0.39, 0.29) is 5.95 Å². The van der Waals surface area contributed by atoms with Crippen LogP contribution in [0.1, 0.15) is 0 Å². The zero-order chi connectivity index (χ0) is 11.8. The Kier molecular flexibility index (Phi) is 2.04. The van der Waals surface area contributed by atoms with Crippen LogP contribution in [0.15, 0.2) is 30.5 Å². The Balaban J connectivity index is 2.44. The quantitative estimate of drug-likeness (QED) is 0.640. The normalized spacial score (nSPS) is 10.9. The highest BCUT2D eigenvalue weighted by Gasteiger charge is 2.06. The summed E-state index contributed by atoms with van der Waals surface area (Å²) in [6.45, 7) is 0. The Morgan fingerprint density at radius 3 is 2.88 bits per heavy atom. The van der Waals surface area contributed by atoms with Crippen molar-refractivity contribution in [1.82, 2.24) is 15.0 Å². The van der Waals surface area contributed by atoms with Gasteiger partial charge < -0.3 is 10.5 Å². The van der Waals surface area contributed by atoms with Gasteiger partial charge in [-0.05, 0) is 12.1 Å². The zero-order valence-corrected chi connectivity index (χ0v) is 9.21. The van der Waals surface area contributed by atoms with Gasteiger partial charge >= 0.3 is 0 Å². The molecule has 2 heterocycles. The van der Waals surface area contributed by atoms with Crippen molar-refractivity contribution in [3.63, 3.8) is 0 Å². The number of benzene rings is 1. The van der Waals surface area contributed by atoms with E-state index in [9.17, 15) is 0 Å². The van der Waals surface area contributed by atoms with E-state index in [1.807, 2.05) is 24.3 Å². The smallest absolute Gasteiger partial charge is 0.222 e. The molecule has 0 saturated heterocycles. The standard InChI is InChI=1S/C12H10N4O/c1-17-9-4-2-3-7-5-8-6-14-12(13)16-11(8)15-10(7)9/h2-6H,1H3,(H2,13,14,15,16). The summed E-state index contributed by atoms with van der Waals surface area (Å²) in [4.78, 5) is 12.5. The second-order valence-corrected chi connectivity index (χ2v) is 3.66. The number of fused-ring (bicyclic) bond motifs is 2. The molecule has 2 aromatic heterocycles. The molecule has 0 aliphatic carbocycles. The van der Waals surface area contributed by atoms with Crippen LogP contribution in [0.25, 0.3) is 21.9 Å². The Morgan fingerprint density at radius 2 is 2.06 bits per heavy atom. The Morgan fingerprint density at radius 1 is 1.18 bits per heavy atom. The highest BCUT2D eigenvalue weighted by Crippen LogP contribution is 2.25. The first-order valence-corrected chi connectivity index (χ1v) is 5.14. The van der Waals surface area contributed by atoms with Crippen molar-refractivity contribution in [3.8, 4) is 5.75 Å². The van der Waals surface area contributed by atoms with Gasteiger partial charge in [0.25, 0.3) is 0 Å². The first-order valence-electron chi connectivity index (χ1n) is 5.14. The lowest BCUT2D eigenvalue weighted by Gasteiger charge is -2.05. The SMILES string of the molecule is COc1cccc2cc3cnc(N)nc3nc12. The van der Waals surface area contributed by atoms with E-state index in [2.05, 4.69) is 15.0 Å². The number of aromatic nitrogens is 3. The maximum absolute atomic E-state index is 5.55. The topological polar surface area (TPSA) is 73.9 Å². The van der Waals surface area contributed by atoms with Gasteiger partial charge in [-0.3, -0.25) is 0 Å². The van der Waals surface area contributed by atoms with Gasteiger partial charge in [-0.2, -0.15) is 4.98 Å². The monoisotopic (exact) mass is 226 g/mol. The summed E-state index contributed by atoms with van der Waals surface area (Å²) in [6.07, 6.45) is 1.67. The summed E-state index contributed by atoms with van der Waals surface area (Å²) in [5, 5.41) is 1.85. The van der Waals surface area contributed by atoms with Crippen molar-refractivity contribution in [2.75, 3.05) is 12.8 Å². The summed E-state index contributed by atoms with van der Waals surface area (Å²) in [6, 6.07) is 7.73. The third-order valence-corrected chi connectivity index (χ3v) is 2.59. The molecule has 5 heteroatoms. The molecule has 0 radical (unpaired) electrons. The number of nitrogens with zero attached hydrogens (tertiary/aromatic N) is 3. The number of hydrogen-bond acceptors (Lipinski definition) is 5. The highest BCUT2D eigenvalue weighted by molar-refractivity contribution is 5.93. The van der Waals surface area contributed by atoms with Crippen molar-refractivity contribution in [2.45, 2.75) is 0 Å². The summed E-state index contributed by atoms with van der Waals surface area (Å²) < 4.78 is 5.27. The molecule has 0 aliphatic heterocycles. The van der Waals surface area contributed by atoms with Crippen molar-refractivity contribution < 1.29 is 4.74 Å². The second kappa shape index (κ2) is 3.55. The molecule has 84 valence electrons.